The summed E-state index contributed by atoms with van der Waals surface area (Å²) in [6.07, 6.45) is 3.87. The highest BCUT2D eigenvalue weighted by atomic mass is 32.1. The van der Waals surface area contributed by atoms with Gasteiger partial charge in [-0.3, -0.25) is 4.79 Å². The molecular formula is C9H7NO2S. The van der Waals surface area contributed by atoms with Crippen molar-refractivity contribution in [2.75, 3.05) is 0 Å². The summed E-state index contributed by atoms with van der Waals surface area (Å²) in [6, 6.07) is 1.81. The van der Waals surface area contributed by atoms with Gasteiger partial charge >= 0.3 is 0 Å². The van der Waals surface area contributed by atoms with Gasteiger partial charge < -0.3 is 4.42 Å². The number of hydrogen-bond donors (Lipinski definition) is 0. The number of aromatic nitrogens is 1. The van der Waals surface area contributed by atoms with Gasteiger partial charge in [0.15, 0.2) is 18.4 Å². The van der Waals surface area contributed by atoms with Crippen molar-refractivity contribution in [2.45, 2.75) is 6.92 Å². The average molecular weight is 193 g/mol. The second kappa shape index (κ2) is 3.14. The summed E-state index contributed by atoms with van der Waals surface area (Å²) in [5.74, 6) is 0.710. The van der Waals surface area contributed by atoms with Crippen LogP contribution in [0.1, 0.15) is 14.5 Å². The first kappa shape index (κ1) is 8.19. The Morgan fingerprint density at radius 2 is 2.46 bits per heavy atom. The maximum atomic E-state index is 10.5. The minimum atomic E-state index is 0.710. The van der Waals surface area contributed by atoms with Crippen LogP contribution in [0.2, 0.25) is 0 Å². The topological polar surface area (TPSA) is 43.1 Å². The predicted octanol–water partition coefficient (Wildman–Crippen LogP) is 2.52. The quantitative estimate of drug-likeness (QED) is 0.688. The van der Waals surface area contributed by atoms with Gasteiger partial charge in [-0.15, -0.1) is 11.3 Å². The van der Waals surface area contributed by atoms with E-state index < -0.39 is 0 Å². The molecule has 2 rings (SSSR count). The van der Waals surface area contributed by atoms with E-state index in [-0.39, 0.29) is 0 Å². The molecule has 0 aliphatic carbocycles. The summed E-state index contributed by atoms with van der Waals surface area (Å²) < 4.78 is 5.14. The highest BCUT2D eigenvalue weighted by molar-refractivity contribution is 7.14. The van der Waals surface area contributed by atoms with Gasteiger partial charge in [0.25, 0.3) is 0 Å². The molecule has 0 aromatic carbocycles. The monoisotopic (exact) mass is 193 g/mol. The molecular weight excluding hydrogens is 186 g/mol. The standard InChI is InChI=1S/C9H7NO2S/c1-6-8(2-7(4-11)13-6)9-3-10-5-12-9/h2-5H,1H3. The summed E-state index contributed by atoms with van der Waals surface area (Å²) in [6.45, 7) is 1.95. The van der Waals surface area contributed by atoms with E-state index in [9.17, 15) is 4.79 Å². The summed E-state index contributed by atoms with van der Waals surface area (Å²) in [4.78, 5) is 16.1. The zero-order valence-corrected chi connectivity index (χ0v) is 7.80. The van der Waals surface area contributed by atoms with E-state index in [4.69, 9.17) is 4.42 Å². The minimum Gasteiger partial charge on any atom is -0.443 e. The zero-order valence-electron chi connectivity index (χ0n) is 6.98. The van der Waals surface area contributed by atoms with Crippen LogP contribution in [0.4, 0.5) is 0 Å². The fourth-order valence-electron chi connectivity index (χ4n) is 1.16. The van der Waals surface area contributed by atoms with Gasteiger partial charge in [0.1, 0.15) is 0 Å². The SMILES string of the molecule is Cc1sc(C=O)cc1-c1cnco1. The van der Waals surface area contributed by atoms with E-state index in [1.54, 1.807) is 6.20 Å². The van der Waals surface area contributed by atoms with Crippen LogP contribution in [-0.2, 0) is 0 Å². The number of hydrogen-bond acceptors (Lipinski definition) is 4. The summed E-state index contributed by atoms with van der Waals surface area (Å²) >= 11 is 1.46. The van der Waals surface area contributed by atoms with Gasteiger partial charge in [-0.1, -0.05) is 0 Å². The Hall–Kier alpha value is -1.42. The molecule has 66 valence electrons. The Bertz CT molecular complexity index is 417. The molecule has 0 saturated carbocycles. The third-order valence-electron chi connectivity index (χ3n) is 1.75. The normalized spacial score (nSPS) is 10.2. The molecule has 0 amide bonds. The van der Waals surface area contributed by atoms with Crippen molar-refractivity contribution < 1.29 is 9.21 Å². The Morgan fingerprint density at radius 3 is 3.00 bits per heavy atom. The fourth-order valence-corrected chi connectivity index (χ4v) is 2.00. The zero-order chi connectivity index (χ0) is 9.26. The predicted molar refractivity (Wildman–Crippen MR) is 49.9 cm³/mol. The number of oxazole rings is 1. The van der Waals surface area contributed by atoms with Crippen LogP contribution >= 0.6 is 11.3 Å². The van der Waals surface area contributed by atoms with Gasteiger partial charge in [-0.2, -0.15) is 0 Å². The highest BCUT2D eigenvalue weighted by Gasteiger charge is 2.09. The van der Waals surface area contributed by atoms with Crippen LogP contribution < -0.4 is 0 Å². The summed E-state index contributed by atoms with van der Waals surface area (Å²) in [7, 11) is 0. The number of nitrogens with zero attached hydrogens (tertiary/aromatic N) is 1. The van der Waals surface area contributed by atoms with Crippen molar-refractivity contribution in [2.24, 2.45) is 0 Å². The first-order valence-electron chi connectivity index (χ1n) is 3.75. The van der Waals surface area contributed by atoms with Crippen molar-refractivity contribution in [3.05, 3.63) is 28.4 Å². The van der Waals surface area contributed by atoms with Crippen LogP contribution in [0, 0.1) is 6.92 Å². The molecule has 0 saturated heterocycles. The number of aldehydes is 1. The van der Waals surface area contributed by atoms with Gasteiger partial charge in [-0.25, -0.2) is 4.98 Å². The molecule has 13 heavy (non-hydrogen) atoms. The molecule has 0 aliphatic rings. The van der Waals surface area contributed by atoms with Crippen molar-refractivity contribution >= 4 is 17.6 Å². The Morgan fingerprint density at radius 1 is 1.62 bits per heavy atom. The van der Waals surface area contributed by atoms with Gasteiger partial charge in [-0.05, 0) is 13.0 Å². The fraction of sp³-hybridized carbons (Fsp3) is 0.111. The van der Waals surface area contributed by atoms with Crippen LogP contribution in [0.5, 0.6) is 0 Å². The van der Waals surface area contributed by atoms with Crippen molar-refractivity contribution in [3.63, 3.8) is 0 Å². The molecule has 0 fully saturated rings. The summed E-state index contributed by atoms with van der Waals surface area (Å²) in [5.41, 5.74) is 0.949. The third-order valence-corrected chi connectivity index (χ3v) is 2.73. The largest absolute Gasteiger partial charge is 0.443 e. The van der Waals surface area contributed by atoms with Crippen molar-refractivity contribution in [1.29, 1.82) is 0 Å². The number of carbonyl (C=O) groups is 1. The first-order valence-corrected chi connectivity index (χ1v) is 4.57. The first-order chi connectivity index (χ1) is 6.31. The van der Waals surface area contributed by atoms with E-state index in [0.29, 0.717) is 10.6 Å². The van der Waals surface area contributed by atoms with E-state index in [2.05, 4.69) is 4.98 Å². The minimum absolute atomic E-state index is 0.710. The van der Waals surface area contributed by atoms with E-state index in [1.807, 2.05) is 13.0 Å². The number of thiophene rings is 1. The maximum Gasteiger partial charge on any atom is 0.181 e. The lowest BCUT2D eigenvalue weighted by Gasteiger charge is -1.90. The molecule has 2 aromatic heterocycles. The smallest absolute Gasteiger partial charge is 0.181 e. The number of aryl methyl sites for hydroxylation is 1. The van der Waals surface area contributed by atoms with E-state index in [1.165, 1.54) is 17.7 Å². The molecule has 2 heterocycles. The van der Waals surface area contributed by atoms with E-state index >= 15 is 0 Å². The molecule has 0 unspecified atom stereocenters. The Balaban J connectivity index is 2.52. The molecule has 2 aromatic rings. The molecule has 0 bridgehead atoms. The summed E-state index contributed by atoms with van der Waals surface area (Å²) in [5, 5.41) is 0. The van der Waals surface area contributed by atoms with E-state index in [0.717, 1.165) is 16.7 Å². The van der Waals surface area contributed by atoms with Crippen LogP contribution in [0.25, 0.3) is 11.3 Å². The Labute approximate surface area is 79.0 Å². The lowest BCUT2D eigenvalue weighted by atomic mass is 10.2. The Kier molecular flexibility index (Phi) is 1.98. The maximum absolute atomic E-state index is 10.5. The molecule has 4 heteroatoms. The van der Waals surface area contributed by atoms with Crippen molar-refractivity contribution in [1.82, 2.24) is 4.98 Å². The molecule has 0 radical (unpaired) electrons. The average Bonchev–Trinajstić information content (AvgIpc) is 2.72. The molecule has 0 N–H and O–H groups in total. The van der Waals surface area contributed by atoms with Crippen LogP contribution in [0.3, 0.4) is 0 Å². The van der Waals surface area contributed by atoms with Crippen LogP contribution in [0.15, 0.2) is 23.1 Å². The lowest BCUT2D eigenvalue weighted by molar-refractivity contribution is 0.112. The molecule has 0 spiro atoms. The number of carbonyl (C=O) groups excluding carboxylic acids is 1. The lowest BCUT2D eigenvalue weighted by Crippen LogP contribution is -1.70. The number of rotatable bonds is 2. The highest BCUT2D eigenvalue weighted by Crippen LogP contribution is 2.29. The second-order valence-electron chi connectivity index (χ2n) is 2.60. The third kappa shape index (κ3) is 1.40. The molecule has 3 nitrogen and oxygen atoms in total. The second-order valence-corrected chi connectivity index (χ2v) is 3.89. The molecule has 0 atom stereocenters. The van der Waals surface area contributed by atoms with Crippen molar-refractivity contribution in [3.8, 4) is 11.3 Å². The van der Waals surface area contributed by atoms with Gasteiger partial charge in [0.05, 0.1) is 11.1 Å². The van der Waals surface area contributed by atoms with Gasteiger partial charge in [0.2, 0.25) is 0 Å². The molecule has 0 aliphatic heterocycles. The van der Waals surface area contributed by atoms with Gasteiger partial charge in [0, 0.05) is 10.4 Å². The van der Waals surface area contributed by atoms with Crippen LogP contribution in [-0.4, -0.2) is 11.3 Å².